The van der Waals surface area contributed by atoms with Gasteiger partial charge < -0.3 is 0 Å². The average molecular weight is 180 g/mol. The first kappa shape index (κ1) is 9.23. The number of rotatable bonds is 2. The predicted octanol–water partition coefficient (Wildman–Crippen LogP) is 3.18. The Morgan fingerprint density at radius 3 is 2.38 bits per heavy atom. The molecule has 2 fully saturated rings. The summed E-state index contributed by atoms with van der Waals surface area (Å²) in [6.45, 7) is 4.55. The Balaban J connectivity index is 2.05. The van der Waals surface area contributed by atoms with Gasteiger partial charge in [-0.2, -0.15) is 0 Å². The number of carbonyl (C=O) groups excluding carboxylic acids is 1. The van der Waals surface area contributed by atoms with Crippen LogP contribution in [0.2, 0.25) is 0 Å². The molecule has 1 heteroatoms. The second-order valence-corrected chi connectivity index (χ2v) is 5.46. The maximum Gasteiger partial charge on any atom is 0.139 e. The second-order valence-electron chi connectivity index (χ2n) is 5.46. The minimum Gasteiger partial charge on any atom is -0.299 e. The lowest BCUT2D eigenvalue weighted by Gasteiger charge is -2.37. The van der Waals surface area contributed by atoms with Crippen molar-refractivity contribution in [3.8, 4) is 0 Å². The molecule has 1 atom stereocenters. The van der Waals surface area contributed by atoms with Crippen molar-refractivity contribution in [2.75, 3.05) is 0 Å². The van der Waals surface area contributed by atoms with E-state index in [9.17, 15) is 4.79 Å². The van der Waals surface area contributed by atoms with Gasteiger partial charge in [0, 0.05) is 11.8 Å². The molecule has 2 rings (SSSR count). The molecule has 13 heavy (non-hydrogen) atoms. The van der Waals surface area contributed by atoms with Crippen LogP contribution in [0.15, 0.2) is 0 Å². The minimum absolute atomic E-state index is 0.290. The fraction of sp³-hybridized carbons (Fsp3) is 0.917. The van der Waals surface area contributed by atoms with Crippen molar-refractivity contribution in [1.29, 1.82) is 0 Å². The molecule has 0 amide bonds. The molecule has 0 aromatic carbocycles. The van der Waals surface area contributed by atoms with Gasteiger partial charge in [-0.05, 0) is 31.1 Å². The Hall–Kier alpha value is -0.330. The minimum atomic E-state index is 0.290. The summed E-state index contributed by atoms with van der Waals surface area (Å²) < 4.78 is 0. The van der Waals surface area contributed by atoms with E-state index in [1.807, 2.05) is 0 Å². The fourth-order valence-corrected chi connectivity index (χ4v) is 2.67. The first-order valence-electron chi connectivity index (χ1n) is 5.65. The van der Waals surface area contributed by atoms with E-state index >= 15 is 0 Å². The average Bonchev–Trinajstić information content (AvgIpc) is 2.84. The molecule has 0 saturated heterocycles. The van der Waals surface area contributed by atoms with Gasteiger partial charge in [0.25, 0.3) is 0 Å². The van der Waals surface area contributed by atoms with Gasteiger partial charge in [-0.25, -0.2) is 0 Å². The van der Waals surface area contributed by atoms with Gasteiger partial charge in [0.2, 0.25) is 0 Å². The van der Waals surface area contributed by atoms with Gasteiger partial charge in [-0.1, -0.05) is 26.7 Å². The zero-order valence-electron chi connectivity index (χ0n) is 8.81. The van der Waals surface area contributed by atoms with Crippen molar-refractivity contribution in [1.82, 2.24) is 0 Å². The molecular formula is C12H20O. The van der Waals surface area contributed by atoms with E-state index in [4.69, 9.17) is 0 Å². The van der Waals surface area contributed by atoms with Crippen molar-refractivity contribution >= 4 is 5.78 Å². The molecule has 0 aliphatic heterocycles. The maximum atomic E-state index is 12.0. The highest BCUT2D eigenvalue weighted by molar-refractivity contribution is 5.86. The third-order valence-corrected chi connectivity index (χ3v) is 3.83. The van der Waals surface area contributed by atoms with Crippen LogP contribution in [0, 0.1) is 17.3 Å². The number of hydrogen-bond donors (Lipinski definition) is 0. The van der Waals surface area contributed by atoms with Gasteiger partial charge in [0.15, 0.2) is 0 Å². The van der Waals surface area contributed by atoms with E-state index in [0.29, 0.717) is 17.6 Å². The van der Waals surface area contributed by atoms with E-state index in [0.717, 1.165) is 6.42 Å². The summed E-state index contributed by atoms with van der Waals surface area (Å²) in [5, 5.41) is 0. The molecule has 0 N–H and O–H groups in total. The summed E-state index contributed by atoms with van der Waals surface area (Å²) in [6, 6.07) is 0. The zero-order chi connectivity index (χ0) is 9.47. The predicted molar refractivity (Wildman–Crippen MR) is 53.5 cm³/mol. The molecule has 0 bridgehead atoms. The van der Waals surface area contributed by atoms with E-state index in [2.05, 4.69) is 13.8 Å². The molecule has 0 radical (unpaired) electrons. The van der Waals surface area contributed by atoms with Gasteiger partial charge >= 0.3 is 0 Å². The first-order chi connectivity index (χ1) is 6.11. The standard InChI is InChI=1S/C12H20O/c1-12(2)8-4-3-5-10(12)11(13)9-6-7-9/h9-10H,3-8H2,1-2H3. The SMILES string of the molecule is CC1(C)CCCCC1C(=O)C1CC1. The topological polar surface area (TPSA) is 17.1 Å². The summed E-state index contributed by atoms with van der Waals surface area (Å²) >= 11 is 0. The van der Waals surface area contributed by atoms with Crippen molar-refractivity contribution in [3.63, 3.8) is 0 Å². The Morgan fingerprint density at radius 2 is 1.85 bits per heavy atom. The van der Waals surface area contributed by atoms with Gasteiger partial charge in [-0.15, -0.1) is 0 Å². The summed E-state index contributed by atoms with van der Waals surface area (Å²) in [5.41, 5.74) is 0.290. The fourth-order valence-electron chi connectivity index (χ4n) is 2.67. The van der Waals surface area contributed by atoms with Crippen LogP contribution in [0.4, 0.5) is 0 Å². The number of hydrogen-bond acceptors (Lipinski definition) is 1. The Morgan fingerprint density at radius 1 is 1.15 bits per heavy atom. The lowest BCUT2D eigenvalue weighted by atomic mass is 9.66. The zero-order valence-corrected chi connectivity index (χ0v) is 8.81. The van der Waals surface area contributed by atoms with Crippen LogP contribution in [0.25, 0.3) is 0 Å². The van der Waals surface area contributed by atoms with Crippen LogP contribution in [0.1, 0.15) is 52.4 Å². The van der Waals surface area contributed by atoms with E-state index in [-0.39, 0.29) is 5.41 Å². The van der Waals surface area contributed by atoms with Crippen molar-refractivity contribution in [3.05, 3.63) is 0 Å². The molecule has 0 spiro atoms. The van der Waals surface area contributed by atoms with Crippen LogP contribution in [0.3, 0.4) is 0 Å². The van der Waals surface area contributed by atoms with E-state index < -0.39 is 0 Å². The summed E-state index contributed by atoms with van der Waals surface area (Å²) in [5.74, 6) is 1.43. The van der Waals surface area contributed by atoms with Crippen molar-refractivity contribution in [2.45, 2.75) is 52.4 Å². The smallest absolute Gasteiger partial charge is 0.139 e. The molecule has 1 unspecified atom stereocenters. The lowest BCUT2D eigenvalue weighted by molar-refractivity contribution is -0.129. The quantitative estimate of drug-likeness (QED) is 0.638. The lowest BCUT2D eigenvalue weighted by Crippen LogP contribution is -2.34. The first-order valence-corrected chi connectivity index (χ1v) is 5.65. The molecule has 2 saturated carbocycles. The normalized spacial score (nSPS) is 32.9. The molecule has 2 aliphatic carbocycles. The Kier molecular flexibility index (Phi) is 2.21. The molecule has 0 heterocycles. The molecule has 0 aromatic heterocycles. The summed E-state index contributed by atoms with van der Waals surface area (Å²) in [4.78, 5) is 12.0. The van der Waals surface area contributed by atoms with E-state index in [1.54, 1.807) is 0 Å². The Bertz CT molecular complexity index is 213. The van der Waals surface area contributed by atoms with Gasteiger partial charge in [0.1, 0.15) is 5.78 Å². The summed E-state index contributed by atoms with van der Waals surface area (Å²) in [7, 11) is 0. The van der Waals surface area contributed by atoms with Crippen LogP contribution in [0.5, 0.6) is 0 Å². The molecule has 0 aromatic rings. The highest BCUT2D eigenvalue weighted by Crippen LogP contribution is 2.45. The third kappa shape index (κ3) is 1.79. The highest BCUT2D eigenvalue weighted by Gasteiger charge is 2.42. The monoisotopic (exact) mass is 180 g/mol. The number of Topliss-reactive ketones (excluding diaryl/α,β-unsaturated/α-hetero) is 1. The highest BCUT2D eigenvalue weighted by atomic mass is 16.1. The number of ketones is 1. The molecule has 2 aliphatic rings. The maximum absolute atomic E-state index is 12.0. The molecular weight excluding hydrogens is 160 g/mol. The summed E-state index contributed by atoms with van der Waals surface area (Å²) in [6.07, 6.45) is 7.34. The third-order valence-electron chi connectivity index (χ3n) is 3.83. The number of carbonyl (C=O) groups is 1. The van der Waals surface area contributed by atoms with E-state index in [1.165, 1.54) is 32.1 Å². The van der Waals surface area contributed by atoms with Crippen molar-refractivity contribution in [2.24, 2.45) is 17.3 Å². The molecule has 74 valence electrons. The Labute approximate surface area is 80.9 Å². The van der Waals surface area contributed by atoms with Crippen LogP contribution in [-0.2, 0) is 4.79 Å². The largest absolute Gasteiger partial charge is 0.299 e. The van der Waals surface area contributed by atoms with Crippen LogP contribution < -0.4 is 0 Å². The van der Waals surface area contributed by atoms with Gasteiger partial charge in [-0.3, -0.25) is 4.79 Å². The van der Waals surface area contributed by atoms with Crippen molar-refractivity contribution < 1.29 is 4.79 Å². The van der Waals surface area contributed by atoms with Crippen LogP contribution >= 0.6 is 0 Å². The van der Waals surface area contributed by atoms with Gasteiger partial charge in [0.05, 0.1) is 0 Å². The van der Waals surface area contributed by atoms with Crippen LogP contribution in [-0.4, -0.2) is 5.78 Å². The second kappa shape index (κ2) is 3.11. The molecule has 1 nitrogen and oxygen atoms in total.